The summed E-state index contributed by atoms with van der Waals surface area (Å²) in [4.78, 5) is 34.4. The molecule has 5 aromatic rings. The van der Waals surface area contributed by atoms with E-state index in [2.05, 4.69) is 50.4 Å². The van der Waals surface area contributed by atoms with Gasteiger partial charge in [0.05, 0.1) is 16.7 Å². The van der Waals surface area contributed by atoms with E-state index < -0.39 is 6.04 Å². The number of para-hydroxylation sites is 1. The summed E-state index contributed by atoms with van der Waals surface area (Å²) in [7, 11) is 0. The van der Waals surface area contributed by atoms with Crippen LogP contribution in [0.4, 0.5) is 4.79 Å². The van der Waals surface area contributed by atoms with Crippen molar-refractivity contribution in [3.63, 3.8) is 0 Å². The summed E-state index contributed by atoms with van der Waals surface area (Å²) in [5.74, 6) is 6.27. The lowest BCUT2D eigenvalue weighted by Crippen LogP contribution is -2.33. The van der Waals surface area contributed by atoms with Gasteiger partial charge in [0.1, 0.15) is 11.7 Å². The summed E-state index contributed by atoms with van der Waals surface area (Å²) in [6.45, 7) is 2.43. The lowest BCUT2D eigenvalue weighted by molar-refractivity contribution is -0.127. The second-order valence-corrected chi connectivity index (χ2v) is 10.4. The van der Waals surface area contributed by atoms with E-state index in [1.54, 1.807) is 16.9 Å². The topological polar surface area (TPSA) is 95.4 Å². The van der Waals surface area contributed by atoms with Crippen LogP contribution in [0.2, 0.25) is 5.02 Å². The molecule has 1 aliphatic rings. The number of carbonyl (C=O) groups excluding carboxylic acids is 2. The Labute approximate surface area is 236 Å². The first-order valence-electron chi connectivity index (χ1n) is 13.2. The van der Waals surface area contributed by atoms with Crippen LogP contribution in [0.15, 0.2) is 67.1 Å². The van der Waals surface area contributed by atoms with Crippen LogP contribution < -0.4 is 5.32 Å². The molecule has 6 rings (SSSR count). The lowest BCUT2D eigenvalue weighted by Gasteiger charge is -2.13. The van der Waals surface area contributed by atoms with E-state index in [1.807, 2.05) is 43.5 Å². The van der Waals surface area contributed by atoms with E-state index in [1.165, 1.54) is 10.5 Å². The molecule has 0 aliphatic carbocycles. The Hall–Kier alpha value is -4.61. The van der Waals surface area contributed by atoms with E-state index in [0.29, 0.717) is 18.0 Å². The number of unbranched alkanes of at least 4 members (excludes halogenated alkanes) is 1. The first kappa shape index (κ1) is 25.7. The zero-order valence-electron chi connectivity index (χ0n) is 21.9. The number of H-pyrrole nitrogens is 1. The number of carbonyl (C=O) groups is 2. The third-order valence-electron chi connectivity index (χ3n) is 7.28. The van der Waals surface area contributed by atoms with Gasteiger partial charge >= 0.3 is 6.03 Å². The number of aromatic nitrogens is 4. The zero-order chi connectivity index (χ0) is 27.6. The Balaban J connectivity index is 1.05. The minimum Gasteiger partial charge on any atom is -0.360 e. The maximum Gasteiger partial charge on any atom is 0.324 e. The van der Waals surface area contributed by atoms with Gasteiger partial charge in [-0.3, -0.25) is 9.69 Å². The molecule has 4 heterocycles. The maximum absolute atomic E-state index is 13.0. The Morgan fingerprint density at radius 3 is 2.88 bits per heavy atom. The summed E-state index contributed by atoms with van der Waals surface area (Å²) >= 11 is 6.26. The molecule has 0 unspecified atom stereocenters. The summed E-state index contributed by atoms with van der Waals surface area (Å²) < 4.78 is 1.72. The third kappa shape index (κ3) is 5.04. The fraction of sp³-hybridized carbons (Fsp3) is 0.226. The van der Waals surface area contributed by atoms with Crippen molar-refractivity contribution in [2.45, 2.75) is 38.6 Å². The van der Waals surface area contributed by atoms with Gasteiger partial charge in [0.2, 0.25) is 0 Å². The molecule has 40 heavy (non-hydrogen) atoms. The number of rotatable bonds is 7. The van der Waals surface area contributed by atoms with Crippen LogP contribution in [0, 0.1) is 18.8 Å². The number of halogens is 1. The second kappa shape index (κ2) is 10.9. The standard InChI is InChI=1S/C31H27ClN6O2/c1-20-10-11-21(16-22(20)12-13-24-19-33-28-9-5-14-35-38(24)28)6-2-3-15-37-30(39)27(36-31(37)40)17-23-18-34-29-25(23)7-4-8-26(29)32/h4-5,7-11,14,16,18-19,27,34H,2-3,6,15,17H2,1H3,(H,36,40)/t27-/m1/s1. The molecule has 1 aliphatic heterocycles. The highest BCUT2D eigenvalue weighted by Crippen LogP contribution is 2.27. The number of imide groups is 1. The monoisotopic (exact) mass is 550 g/mol. The Morgan fingerprint density at radius 1 is 1.07 bits per heavy atom. The van der Waals surface area contributed by atoms with Crippen LogP contribution in [0.1, 0.15) is 40.8 Å². The average Bonchev–Trinajstić information content (AvgIpc) is 3.64. The van der Waals surface area contributed by atoms with Gasteiger partial charge in [-0.15, -0.1) is 0 Å². The molecular weight excluding hydrogens is 524 g/mol. The number of nitrogens with one attached hydrogen (secondary N) is 2. The van der Waals surface area contributed by atoms with Crippen molar-refractivity contribution in [3.8, 4) is 11.8 Å². The number of aryl methyl sites for hydroxylation is 2. The predicted octanol–water partition coefficient (Wildman–Crippen LogP) is 5.06. The van der Waals surface area contributed by atoms with E-state index >= 15 is 0 Å². The molecule has 1 fully saturated rings. The molecule has 1 atom stereocenters. The first-order valence-corrected chi connectivity index (χ1v) is 13.6. The van der Waals surface area contributed by atoms with Gasteiger partial charge in [0.15, 0.2) is 5.65 Å². The third-order valence-corrected chi connectivity index (χ3v) is 7.60. The fourth-order valence-electron chi connectivity index (χ4n) is 5.10. The minimum absolute atomic E-state index is 0.184. The molecule has 3 amide bonds. The van der Waals surface area contributed by atoms with Crippen LogP contribution >= 0.6 is 11.6 Å². The summed E-state index contributed by atoms with van der Waals surface area (Å²) in [5.41, 5.74) is 6.51. The molecule has 0 spiro atoms. The van der Waals surface area contributed by atoms with Crippen LogP contribution in [0.5, 0.6) is 0 Å². The van der Waals surface area contributed by atoms with E-state index in [0.717, 1.165) is 58.2 Å². The number of benzene rings is 2. The molecule has 2 aromatic carbocycles. The number of nitrogens with zero attached hydrogens (tertiary/aromatic N) is 4. The number of imidazole rings is 1. The van der Waals surface area contributed by atoms with Crippen LogP contribution in [-0.4, -0.2) is 49.0 Å². The highest BCUT2D eigenvalue weighted by Gasteiger charge is 2.37. The average molecular weight is 551 g/mol. The molecular formula is C31H27ClN6O2. The number of aromatic amines is 1. The Kier molecular flexibility index (Phi) is 6.97. The van der Waals surface area contributed by atoms with Gasteiger partial charge in [-0.1, -0.05) is 41.8 Å². The van der Waals surface area contributed by atoms with Crippen molar-refractivity contribution in [3.05, 3.63) is 100 Å². The highest BCUT2D eigenvalue weighted by molar-refractivity contribution is 6.35. The van der Waals surface area contributed by atoms with Gasteiger partial charge in [-0.2, -0.15) is 5.10 Å². The molecule has 1 saturated heterocycles. The molecule has 200 valence electrons. The van der Waals surface area contributed by atoms with Gasteiger partial charge < -0.3 is 10.3 Å². The smallest absolute Gasteiger partial charge is 0.324 e. The van der Waals surface area contributed by atoms with Crippen molar-refractivity contribution in [1.29, 1.82) is 0 Å². The van der Waals surface area contributed by atoms with Gasteiger partial charge in [-0.25, -0.2) is 14.3 Å². The molecule has 8 nitrogen and oxygen atoms in total. The van der Waals surface area contributed by atoms with Crippen molar-refractivity contribution in [2.24, 2.45) is 0 Å². The minimum atomic E-state index is -0.577. The Morgan fingerprint density at radius 2 is 1.98 bits per heavy atom. The van der Waals surface area contributed by atoms with Gasteiger partial charge in [0, 0.05) is 36.3 Å². The van der Waals surface area contributed by atoms with Crippen LogP contribution in [0.3, 0.4) is 0 Å². The largest absolute Gasteiger partial charge is 0.360 e. The summed E-state index contributed by atoms with van der Waals surface area (Å²) in [6, 6.07) is 14.8. The highest BCUT2D eigenvalue weighted by atomic mass is 35.5. The lowest BCUT2D eigenvalue weighted by atomic mass is 10.0. The SMILES string of the molecule is Cc1ccc(CCCCN2C(=O)N[C@H](Cc3c[nH]c4c(Cl)cccc34)C2=O)cc1C#Cc1cnc2cccnn12. The number of amides is 3. The number of urea groups is 1. The number of hydrogen-bond acceptors (Lipinski definition) is 4. The van der Waals surface area contributed by atoms with Gasteiger partial charge in [-0.05, 0) is 73.1 Å². The van der Waals surface area contributed by atoms with Crippen molar-refractivity contribution < 1.29 is 9.59 Å². The molecule has 9 heteroatoms. The van der Waals surface area contributed by atoms with Crippen LogP contribution in [0.25, 0.3) is 16.6 Å². The normalized spacial score (nSPS) is 15.1. The maximum atomic E-state index is 13.0. The second-order valence-electron chi connectivity index (χ2n) is 9.97. The van der Waals surface area contributed by atoms with Crippen LogP contribution in [-0.2, 0) is 17.6 Å². The molecule has 2 N–H and O–H groups in total. The van der Waals surface area contributed by atoms with E-state index in [9.17, 15) is 9.59 Å². The molecule has 3 aromatic heterocycles. The van der Waals surface area contributed by atoms with Crippen molar-refractivity contribution in [2.75, 3.05) is 6.54 Å². The Bertz CT molecular complexity index is 1810. The first-order chi connectivity index (χ1) is 19.5. The fourth-order valence-corrected chi connectivity index (χ4v) is 5.32. The molecule has 0 radical (unpaired) electrons. The van der Waals surface area contributed by atoms with Gasteiger partial charge in [0.25, 0.3) is 5.91 Å². The van der Waals surface area contributed by atoms with Crippen molar-refractivity contribution in [1.82, 2.24) is 29.8 Å². The molecule has 0 bridgehead atoms. The quantitative estimate of drug-likeness (QED) is 0.168. The molecule has 0 saturated carbocycles. The van der Waals surface area contributed by atoms with E-state index in [4.69, 9.17) is 11.6 Å². The summed E-state index contributed by atoms with van der Waals surface area (Å²) in [6.07, 6.45) is 8.10. The number of hydrogen-bond donors (Lipinski definition) is 2. The predicted molar refractivity (Wildman–Crippen MR) is 154 cm³/mol. The zero-order valence-corrected chi connectivity index (χ0v) is 22.7. The van der Waals surface area contributed by atoms with E-state index in [-0.39, 0.29) is 11.9 Å². The number of fused-ring (bicyclic) bond motifs is 2. The summed E-state index contributed by atoms with van der Waals surface area (Å²) in [5, 5.41) is 8.75. The van der Waals surface area contributed by atoms with Crippen molar-refractivity contribution >= 4 is 40.1 Å².